The fraction of sp³-hybridized carbons (Fsp3) is 0.400. The molecule has 0 aliphatic heterocycles. The lowest BCUT2D eigenvalue weighted by atomic mass is 10.3. The van der Waals surface area contributed by atoms with Crippen molar-refractivity contribution in [1.82, 2.24) is 0 Å². The van der Waals surface area contributed by atoms with Crippen molar-refractivity contribution in [3.05, 3.63) is 18.2 Å². The van der Waals surface area contributed by atoms with Gasteiger partial charge in [0.15, 0.2) is 0 Å². The van der Waals surface area contributed by atoms with Gasteiger partial charge in [0.25, 0.3) is 0 Å². The maximum absolute atomic E-state index is 11.1. The van der Waals surface area contributed by atoms with Crippen molar-refractivity contribution >= 4 is 10.0 Å². The number of rotatable bonds is 4. The number of sulfonamides is 1. The Labute approximate surface area is 93.9 Å². The lowest BCUT2D eigenvalue weighted by Crippen LogP contribution is -2.12. The standard InChI is InChI=1S/C10H13NO4S/c11-16(13,14)10-4-8(12)3-9(5-10)15-6-7-1-2-7/h3-5,7,12H,1-2,6H2,(H2,11,13,14). The molecule has 1 fully saturated rings. The molecule has 0 radical (unpaired) electrons. The smallest absolute Gasteiger partial charge is 0.238 e. The summed E-state index contributed by atoms with van der Waals surface area (Å²) in [7, 11) is -3.81. The first kappa shape index (κ1) is 11.2. The summed E-state index contributed by atoms with van der Waals surface area (Å²) in [6.45, 7) is 0.549. The van der Waals surface area contributed by atoms with Crippen molar-refractivity contribution in [2.75, 3.05) is 6.61 Å². The second-order valence-corrected chi connectivity index (χ2v) is 5.52. The molecule has 1 aromatic rings. The maximum atomic E-state index is 11.1. The second kappa shape index (κ2) is 3.95. The van der Waals surface area contributed by atoms with E-state index in [-0.39, 0.29) is 10.6 Å². The highest BCUT2D eigenvalue weighted by Crippen LogP contribution is 2.31. The second-order valence-electron chi connectivity index (χ2n) is 3.96. The molecule has 2 rings (SSSR count). The first-order valence-electron chi connectivity index (χ1n) is 4.95. The molecule has 1 saturated carbocycles. The van der Waals surface area contributed by atoms with E-state index in [4.69, 9.17) is 9.88 Å². The third-order valence-corrected chi connectivity index (χ3v) is 3.27. The van der Waals surface area contributed by atoms with Crippen LogP contribution in [-0.4, -0.2) is 20.1 Å². The summed E-state index contributed by atoms with van der Waals surface area (Å²) in [4.78, 5) is -0.140. The summed E-state index contributed by atoms with van der Waals surface area (Å²) in [6.07, 6.45) is 2.28. The molecule has 88 valence electrons. The van der Waals surface area contributed by atoms with Gasteiger partial charge in [0.2, 0.25) is 10.0 Å². The normalized spacial score (nSPS) is 16.1. The van der Waals surface area contributed by atoms with Gasteiger partial charge >= 0.3 is 0 Å². The highest BCUT2D eigenvalue weighted by Gasteiger charge is 2.22. The average Bonchev–Trinajstić information content (AvgIpc) is 2.96. The summed E-state index contributed by atoms with van der Waals surface area (Å²) in [6, 6.07) is 3.79. The molecule has 1 aliphatic carbocycles. The molecule has 0 heterocycles. The molecular formula is C10H13NO4S. The molecule has 1 aliphatic rings. The number of phenolic OH excluding ortho intramolecular Hbond substituents is 1. The van der Waals surface area contributed by atoms with Crippen LogP contribution in [0.15, 0.2) is 23.1 Å². The lowest BCUT2D eigenvalue weighted by molar-refractivity contribution is 0.297. The van der Waals surface area contributed by atoms with Crippen LogP contribution in [-0.2, 0) is 10.0 Å². The summed E-state index contributed by atoms with van der Waals surface area (Å²) in [5.41, 5.74) is 0. The van der Waals surface area contributed by atoms with Gasteiger partial charge in [-0.05, 0) is 18.8 Å². The summed E-state index contributed by atoms with van der Waals surface area (Å²) >= 11 is 0. The Balaban J connectivity index is 2.20. The Bertz CT molecular complexity index is 494. The zero-order chi connectivity index (χ0) is 11.8. The minimum atomic E-state index is -3.81. The molecule has 0 spiro atoms. The van der Waals surface area contributed by atoms with E-state index in [0.717, 1.165) is 18.9 Å². The topological polar surface area (TPSA) is 89.6 Å². The Morgan fingerprint density at radius 1 is 1.38 bits per heavy atom. The predicted octanol–water partition coefficient (Wildman–Crippen LogP) is 0.828. The molecule has 0 bridgehead atoms. The van der Waals surface area contributed by atoms with Crippen molar-refractivity contribution in [3.63, 3.8) is 0 Å². The summed E-state index contributed by atoms with van der Waals surface area (Å²) in [5, 5.41) is 14.3. The Morgan fingerprint density at radius 2 is 2.06 bits per heavy atom. The fourth-order valence-electron chi connectivity index (χ4n) is 1.30. The van der Waals surface area contributed by atoms with Gasteiger partial charge in [0.1, 0.15) is 11.5 Å². The molecule has 5 nitrogen and oxygen atoms in total. The van der Waals surface area contributed by atoms with Crippen molar-refractivity contribution in [2.45, 2.75) is 17.7 Å². The van der Waals surface area contributed by atoms with Gasteiger partial charge in [-0.3, -0.25) is 0 Å². The van der Waals surface area contributed by atoms with Crippen molar-refractivity contribution in [2.24, 2.45) is 11.1 Å². The zero-order valence-electron chi connectivity index (χ0n) is 8.59. The van der Waals surface area contributed by atoms with Crippen LogP contribution < -0.4 is 9.88 Å². The quantitative estimate of drug-likeness (QED) is 0.819. The molecular weight excluding hydrogens is 230 g/mol. The Kier molecular flexibility index (Phi) is 2.77. The first-order valence-corrected chi connectivity index (χ1v) is 6.49. The molecule has 0 unspecified atom stereocenters. The van der Waals surface area contributed by atoms with Gasteiger partial charge in [-0.2, -0.15) is 0 Å². The summed E-state index contributed by atoms with van der Waals surface area (Å²) in [5.74, 6) is 0.716. The van der Waals surface area contributed by atoms with Crippen LogP contribution in [0.5, 0.6) is 11.5 Å². The molecule has 0 saturated heterocycles. The molecule has 16 heavy (non-hydrogen) atoms. The van der Waals surface area contributed by atoms with Crippen LogP contribution in [0.25, 0.3) is 0 Å². The molecule has 0 atom stereocenters. The van der Waals surface area contributed by atoms with E-state index in [1.165, 1.54) is 12.1 Å². The number of aromatic hydroxyl groups is 1. The van der Waals surface area contributed by atoms with Gasteiger partial charge in [-0.1, -0.05) is 0 Å². The number of primary sulfonamides is 1. The van der Waals surface area contributed by atoms with Crippen LogP contribution in [0.4, 0.5) is 0 Å². The first-order chi connectivity index (χ1) is 7.45. The van der Waals surface area contributed by atoms with Crippen LogP contribution >= 0.6 is 0 Å². The van der Waals surface area contributed by atoms with Crippen molar-refractivity contribution in [3.8, 4) is 11.5 Å². The van der Waals surface area contributed by atoms with E-state index in [9.17, 15) is 13.5 Å². The van der Waals surface area contributed by atoms with E-state index in [0.29, 0.717) is 18.3 Å². The van der Waals surface area contributed by atoms with E-state index >= 15 is 0 Å². The average molecular weight is 243 g/mol. The molecule has 0 amide bonds. The number of hydrogen-bond acceptors (Lipinski definition) is 4. The largest absolute Gasteiger partial charge is 0.508 e. The highest BCUT2D eigenvalue weighted by molar-refractivity contribution is 7.89. The number of benzene rings is 1. The van der Waals surface area contributed by atoms with Gasteiger partial charge in [0, 0.05) is 18.2 Å². The van der Waals surface area contributed by atoms with E-state index in [2.05, 4.69) is 0 Å². The van der Waals surface area contributed by atoms with Gasteiger partial charge in [-0.25, -0.2) is 13.6 Å². The van der Waals surface area contributed by atoms with Crippen LogP contribution in [0.1, 0.15) is 12.8 Å². The highest BCUT2D eigenvalue weighted by atomic mass is 32.2. The molecule has 0 aromatic heterocycles. The third-order valence-electron chi connectivity index (χ3n) is 2.38. The SMILES string of the molecule is NS(=O)(=O)c1cc(O)cc(OCC2CC2)c1. The lowest BCUT2D eigenvalue weighted by Gasteiger charge is -2.07. The van der Waals surface area contributed by atoms with Crippen LogP contribution in [0, 0.1) is 5.92 Å². The Hall–Kier alpha value is -1.27. The molecule has 1 aromatic carbocycles. The number of phenols is 1. The third kappa shape index (κ3) is 2.86. The number of ether oxygens (including phenoxy) is 1. The number of hydrogen-bond donors (Lipinski definition) is 2. The minimum Gasteiger partial charge on any atom is -0.508 e. The van der Waals surface area contributed by atoms with Crippen molar-refractivity contribution < 1.29 is 18.3 Å². The Morgan fingerprint density at radius 3 is 2.62 bits per heavy atom. The van der Waals surface area contributed by atoms with Gasteiger partial charge < -0.3 is 9.84 Å². The molecule has 3 N–H and O–H groups in total. The van der Waals surface area contributed by atoms with Crippen molar-refractivity contribution in [1.29, 1.82) is 0 Å². The summed E-state index contributed by atoms with van der Waals surface area (Å²) < 4.78 is 27.6. The van der Waals surface area contributed by atoms with E-state index < -0.39 is 10.0 Å². The van der Waals surface area contributed by atoms with Gasteiger partial charge in [0.05, 0.1) is 11.5 Å². The van der Waals surface area contributed by atoms with E-state index in [1.54, 1.807) is 0 Å². The fourth-order valence-corrected chi connectivity index (χ4v) is 1.87. The van der Waals surface area contributed by atoms with Crippen LogP contribution in [0.2, 0.25) is 0 Å². The molecule has 6 heteroatoms. The van der Waals surface area contributed by atoms with Gasteiger partial charge in [-0.15, -0.1) is 0 Å². The maximum Gasteiger partial charge on any atom is 0.238 e. The number of nitrogens with two attached hydrogens (primary N) is 1. The van der Waals surface area contributed by atoms with E-state index in [1.807, 2.05) is 0 Å². The van der Waals surface area contributed by atoms with Crippen LogP contribution in [0.3, 0.4) is 0 Å². The monoisotopic (exact) mass is 243 g/mol. The minimum absolute atomic E-state index is 0.140. The zero-order valence-corrected chi connectivity index (χ0v) is 9.40. The predicted molar refractivity (Wildman–Crippen MR) is 57.7 cm³/mol.